The van der Waals surface area contributed by atoms with Gasteiger partial charge in [-0.25, -0.2) is 9.67 Å². The number of aromatic nitrogens is 3. The van der Waals surface area contributed by atoms with Crippen molar-refractivity contribution in [1.82, 2.24) is 20.1 Å². The molecule has 124 valence electrons. The summed E-state index contributed by atoms with van der Waals surface area (Å²) in [6.07, 6.45) is 2.70. The Kier molecular flexibility index (Phi) is 5.22. The number of para-hydroxylation sites is 1. The van der Waals surface area contributed by atoms with Gasteiger partial charge in [-0.15, -0.1) is 16.4 Å². The summed E-state index contributed by atoms with van der Waals surface area (Å²) >= 11 is 1.61. The molecule has 2 aromatic heterocycles. The van der Waals surface area contributed by atoms with Crippen LogP contribution in [0.1, 0.15) is 17.6 Å². The molecule has 0 atom stereocenters. The lowest BCUT2D eigenvalue weighted by molar-refractivity contribution is -0.123. The number of rotatable bonds is 7. The molecule has 0 spiro atoms. The predicted octanol–water partition coefficient (Wildman–Crippen LogP) is 2.59. The molecule has 0 aliphatic carbocycles. The summed E-state index contributed by atoms with van der Waals surface area (Å²) in [5, 5.41) is 10.1. The van der Waals surface area contributed by atoms with E-state index < -0.39 is 0 Å². The average molecular weight is 342 g/mol. The number of carbonyl (C=O) groups excluding carboxylic acids is 1. The maximum absolute atomic E-state index is 11.8. The average Bonchev–Trinajstić information content (AvgIpc) is 3.28. The van der Waals surface area contributed by atoms with Gasteiger partial charge in [-0.2, -0.15) is 0 Å². The molecule has 1 aromatic carbocycles. The van der Waals surface area contributed by atoms with Crippen LogP contribution in [0.15, 0.2) is 48.0 Å². The minimum absolute atomic E-state index is 0.0728. The van der Waals surface area contributed by atoms with E-state index in [1.807, 2.05) is 35.7 Å². The highest BCUT2D eigenvalue weighted by Crippen LogP contribution is 2.12. The second kappa shape index (κ2) is 7.74. The van der Waals surface area contributed by atoms with E-state index >= 15 is 0 Å². The SMILES string of the molecule is CCc1nc(CNC(=O)COc2ccn(-c3ccccc3)n2)cs1. The zero-order chi connectivity index (χ0) is 16.8. The first-order valence-corrected chi connectivity index (χ1v) is 8.56. The Hall–Kier alpha value is -2.67. The van der Waals surface area contributed by atoms with Gasteiger partial charge in [0.1, 0.15) is 0 Å². The van der Waals surface area contributed by atoms with Crippen molar-refractivity contribution >= 4 is 17.2 Å². The standard InChI is InChI=1S/C17H18N4O2S/c1-2-17-19-13(12-24-17)10-18-15(22)11-23-16-8-9-21(20-16)14-6-4-3-5-7-14/h3-9,12H,2,10-11H2,1H3,(H,18,22). The zero-order valence-corrected chi connectivity index (χ0v) is 14.1. The molecule has 1 amide bonds. The van der Waals surface area contributed by atoms with Crippen LogP contribution in [0.2, 0.25) is 0 Å². The third kappa shape index (κ3) is 4.20. The van der Waals surface area contributed by atoms with E-state index in [0.29, 0.717) is 12.4 Å². The first kappa shape index (κ1) is 16.2. The quantitative estimate of drug-likeness (QED) is 0.716. The number of hydrogen-bond acceptors (Lipinski definition) is 5. The Morgan fingerprint density at radius 1 is 1.29 bits per heavy atom. The van der Waals surface area contributed by atoms with Crippen molar-refractivity contribution in [3.63, 3.8) is 0 Å². The van der Waals surface area contributed by atoms with Crippen molar-refractivity contribution in [2.24, 2.45) is 0 Å². The molecular formula is C17H18N4O2S. The third-order valence-corrected chi connectivity index (χ3v) is 4.35. The second-order valence-electron chi connectivity index (χ2n) is 5.09. The minimum Gasteiger partial charge on any atom is -0.466 e. The maximum atomic E-state index is 11.8. The number of hydrogen-bond donors (Lipinski definition) is 1. The lowest BCUT2D eigenvalue weighted by Gasteiger charge is -2.04. The van der Waals surface area contributed by atoms with E-state index in [-0.39, 0.29) is 12.5 Å². The molecule has 24 heavy (non-hydrogen) atoms. The number of amides is 1. The van der Waals surface area contributed by atoms with Gasteiger partial charge in [0, 0.05) is 17.6 Å². The molecule has 1 N–H and O–H groups in total. The highest BCUT2D eigenvalue weighted by Gasteiger charge is 2.07. The molecule has 0 saturated heterocycles. The largest absolute Gasteiger partial charge is 0.466 e. The van der Waals surface area contributed by atoms with Crippen LogP contribution in [-0.4, -0.2) is 27.3 Å². The number of nitrogens with one attached hydrogen (secondary N) is 1. The normalized spacial score (nSPS) is 10.5. The fourth-order valence-corrected chi connectivity index (χ4v) is 2.83. The van der Waals surface area contributed by atoms with Crippen LogP contribution in [0.5, 0.6) is 5.88 Å². The second-order valence-corrected chi connectivity index (χ2v) is 6.03. The molecule has 0 bridgehead atoms. The van der Waals surface area contributed by atoms with Gasteiger partial charge in [0.2, 0.25) is 5.88 Å². The lowest BCUT2D eigenvalue weighted by atomic mass is 10.3. The summed E-state index contributed by atoms with van der Waals surface area (Å²) in [5.74, 6) is 0.214. The molecule has 0 radical (unpaired) electrons. The smallest absolute Gasteiger partial charge is 0.258 e. The van der Waals surface area contributed by atoms with Gasteiger partial charge in [0.15, 0.2) is 6.61 Å². The first-order valence-electron chi connectivity index (χ1n) is 7.68. The van der Waals surface area contributed by atoms with E-state index in [1.165, 1.54) is 0 Å². The molecule has 0 saturated carbocycles. The summed E-state index contributed by atoms with van der Waals surface area (Å²) in [5.41, 5.74) is 1.81. The summed E-state index contributed by atoms with van der Waals surface area (Å²) in [7, 11) is 0. The van der Waals surface area contributed by atoms with Crippen molar-refractivity contribution in [2.45, 2.75) is 19.9 Å². The van der Waals surface area contributed by atoms with Crippen LogP contribution in [0.4, 0.5) is 0 Å². The Morgan fingerprint density at radius 2 is 2.12 bits per heavy atom. The number of nitrogens with zero attached hydrogens (tertiary/aromatic N) is 3. The highest BCUT2D eigenvalue weighted by molar-refractivity contribution is 7.09. The van der Waals surface area contributed by atoms with Crippen molar-refractivity contribution in [3.8, 4) is 11.6 Å². The van der Waals surface area contributed by atoms with Crippen LogP contribution >= 0.6 is 11.3 Å². The van der Waals surface area contributed by atoms with Crippen LogP contribution in [0.3, 0.4) is 0 Å². The Balaban J connectivity index is 1.47. The summed E-state index contributed by atoms with van der Waals surface area (Å²) in [6.45, 7) is 2.40. The number of carbonyl (C=O) groups is 1. The number of benzene rings is 1. The van der Waals surface area contributed by atoms with E-state index in [4.69, 9.17) is 4.74 Å². The summed E-state index contributed by atoms with van der Waals surface area (Å²) in [4.78, 5) is 16.3. The van der Waals surface area contributed by atoms with Crippen LogP contribution < -0.4 is 10.1 Å². The van der Waals surface area contributed by atoms with Gasteiger partial charge in [0.05, 0.1) is 22.9 Å². The van der Waals surface area contributed by atoms with Crippen molar-refractivity contribution < 1.29 is 9.53 Å². The van der Waals surface area contributed by atoms with Gasteiger partial charge in [-0.1, -0.05) is 25.1 Å². The van der Waals surface area contributed by atoms with Gasteiger partial charge >= 0.3 is 0 Å². The van der Waals surface area contributed by atoms with E-state index in [1.54, 1.807) is 28.3 Å². The zero-order valence-electron chi connectivity index (χ0n) is 13.3. The third-order valence-electron chi connectivity index (χ3n) is 3.30. The first-order chi connectivity index (χ1) is 11.7. The molecule has 7 heteroatoms. The summed E-state index contributed by atoms with van der Waals surface area (Å²) < 4.78 is 7.13. The maximum Gasteiger partial charge on any atom is 0.258 e. The molecule has 0 aliphatic rings. The van der Waals surface area contributed by atoms with Gasteiger partial charge in [-0.05, 0) is 18.6 Å². The van der Waals surface area contributed by atoms with Crippen molar-refractivity contribution in [3.05, 3.63) is 58.7 Å². The van der Waals surface area contributed by atoms with E-state index in [2.05, 4.69) is 22.3 Å². The number of aryl methyl sites for hydroxylation is 1. The Bertz CT molecular complexity index is 798. The Morgan fingerprint density at radius 3 is 2.88 bits per heavy atom. The molecule has 6 nitrogen and oxygen atoms in total. The van der Waals surface area contributed by atoms with Gasteiger partial charge in [0.25, 0.3) is 5.91 Å². The fraction of sp³-hybridized carbons (Fsp3) is 0.235. The van der Waals surface area contributed by atoms with E-state index in [9.17, 15) is 4.79 Å². The molecule has 3 rings (SSSR count). The molecule has 0 fully saturated rings. The van der Waals surface area contributed by atoms with E-state index in [0.717, 1.165) is 22.8 Å². The van der Waals surface area contributed by atoms with Crippen molar-refractivity contribution in [2.75, 3.05) is 6.61 Å². The monoisotopic (exact) mass is 342 g/mol. The fourth-order valence-electron chi connectivity index (χ4n) is 2.08. The molecular weight excluding hydrogens is 324 g/mol. The topological polar surface area (TPSA) is 69.0 Å². The van der Waals surface area contributed by atoms with Gasteiger partial charge in [-0.3, -0.25) is 4.79 Å². The minimum atomic E-state index is -0.199. The predicted molar refractivity (Wildman–Crippen MR) is 92.4 cm³/mol. The molecule has 3 aromatic rings. The molecule has 0 unspecified atom stereocenters. The van der Waals surface area contributed by atoms with Crippen LogP contribution in [0, 0.1) is 0 Å². The van der Waals surface area contributed by atoms with Gasteiger partial charge < -0.3 is 10.1 Å². The van der Waals surface area contributed by atoms with Crippen LogP contribution in [-0.2, 0) is 17.8 Å². The Labute approximate surface area is 144 Å². The number of ether oxygens (including phenoxy) is 1. The lowest BCUT2D eigenvalue weighted by Crippen LogP contribution is -2.28. The van der Waals surface area contributed by atoms with Crippen LogP contribution in [0.25, 0.3) is 5.69 Å². The molecule has 0 aliphatic heterocycles. The number of thiazole rings is 1. The molecule has 2 heterocycles. The highest BCUT2D eigenvalue weighted by atomic mass is 32.1. The summed E-state index contributed by atoms with van der Waals surface area (Å²) in [6, 6.07) is 11.4. The van der Waals surface area contributed by atoms with Crippen molar-refractivity contribution in [1.29, 1.82) is 0 Å².